The van der Waals surface area contributed by atoms with Crippen LogP contribution in [0.2, 0.25) is 0 Å². The number of aromatic amines is 1. The summed E-state index contributed by atoms with van der Waals surface area (Å²) in [4.78, 5) is 28.5. The normalized spacial score (nSPS) is 10.8. The Balaban J connectivity index is 1.81. The van der Waals surface area contributed by atoms with Crippen LogP contribution in [0.3, 0.4) is 0 Å². The van der Waals surface area contributed by atoms with Crippen LogP contribution in [0.1, 0.15) is 36.1 Å². The topological polar surface area (TPSA) is 110 Å². The van der Waals surface area contributed by atoms with Crippen molar-refractivity contribution in [1.82, 2.24) is 15.2 Å². The van der Waals surface area contributed by atoms with Gasteiger partial charge in [0.25, 0.3) is 5.91 Å². The Morgan fingerprint density at radius 3 is 2.77 bits per heavy atom. The molecule has 3 rings (SSSR count). The summed E-state index contributed by atoms with van der Waals surface area (Å²) >= 11 is 0. The zero-order chi connectivity index (χ0) is 18.7. The van der Waals surface area contributed by atoms with E-state index in [2.05, 4.69) is 20.5 Å². The number of H-pyrrole nitrogens is 1. The molecule has 2 heterocycles. The van der Waals surface area contributed by atoms with Crippen molar-refractivity contribution in [3.05, 3.63) is 58.4 Å². The molecule has 0 unspecified atom stereocenters. The van der Waals surface area contributed by atoms with E-state index in [1.54, 1.807) is 18.2 Å². The van der Waals surface area contributed by atoms with Crippen molar-refractivity contribution in [3.8, 4) is 17.1 Å². The third kappa shape index (κ3) is 3.64. The van der Waals surface area contributed by atoms with E-state index in [0.29, 0.717) is 11.5 Å². The third-order valence-electron chi connectivity index (χ3n) is 3.67. The molecule has 0 saturated heterocycles. The Bertz CT molecular complexity index is 991. The van der Waals surface area contributed by atoms with Gasteiger partial charge in [-0.1, -0.05) is 26.0 Å². The van der Waals surface area contributed by atoms with Gasteiger partial charge >= 0.3 is 0 Å². The molecule has 0 atom stereocenters. The maximum Gasteiger partial charge on any atom is 0.291 e. The molecule has 0 spiro atoms. The SMILES string of the molecule is COc1coc(C(=O)Nc2cccc(-c3n[nH]c(C(C)C)n3)c2)cc1=O. The van der Waals surface area contributed by atoms with Crippen LogP contribution in [-0.2, 0) is 0 Å². The van der Waals surface area contributed by atoms with Gasteiger partial charge in [-0.15, -0.1) is 0 Å². The van der Waals surface area contributed by atoms with Crippen LogP contribution in [0.25, 0.3) is 11.4 Å². The summed E-state index contributed by atoms with van der Waals surface area (Å²) in [6, 6.07) is 8.17. The first-order chi connectivity index (χ1) is 12.5. The van der Waals surface area contributed by atoms with Crippen molar-refractivity contribution in [2.24, 2.45) is 0 Å². The van der Waals surface area contributed by atoms with Gasteiger partial charge in [0.15, 0.2) is 11.6 Å². The molecule has 1 amide bonds. The lowest BCUT2D eigenvalue weighted by Gasteiger charge is -2.06. The molecule has 26 heavy (non-hydrogen) atoms. The molecule has 0 fully saturated rings. The van der Waals surface area contributed by atoms with Crippen LogP contribution in [0.4, 0.5) is 5.69 Å². The Kier molecular flexibility index (Phi) is 4.83. The average molecular weight is 354 g/mol. The van der Waals surface area contributed by atoms with E-state index in [9.17, 15) is 9.59 Å². The van der Waals surface area contributed by atoms with E-state index in [-0.39, 0.29) is 17.4 Å². The molecule has 0 aliphatic rings. The number of aromatic nitrogens is 3. The summed E-state index contributed by atoms with van der Waals surface area (Å²) in [5.41, 5.74) is 0.851. The number of methoxy groups -OCH3 is 1. The molecule has 2 aromatic heterocycles. The maximum absolute atomic E-state index is 12.3. The van der Waals surface area contributed by atoms with Crippen molar-refractivity contribution < 1.29 is 13.9 Å². The number of nitrogens with one attached hydrogen (secondary N) is 2. The Labute approximate surface area is 149 Å². The smallest absolute Gasteiger partial charge is 0.291 e. The molecule has 0 radical (unpaired) electrons. The molecule has 0 aliphatic heterocycles. The minimum atomic E-state index is -0.542. The van der Waals surface area contributed by atoms with Gasteiger partial charge in [0.1, 0.15) is 12.1 Å². The summed E-state index contributed by atoms with van der Waals surface area (Å²) in [5, 5.41) is 9.78. The molecule has 1 aromatic carbocycles. The minimum absolute atomic E-state index is 0.0362. The standard InChI is InChI=1S/C18H18N4O4/c1-10(2)16-20-17(22-21-16)11-5-4-6-12(7-11)19-18(24)14-8-13(23)15(25-3)9-26-14/h4-10H,1-3H3,(H,19,24)(H,20,21,22). The van der Waals surface area contributed by atoms with Gasteiger partial charge in [0.05, 0.1) is 7.11 Å². The monoisotopic (exact) mass is 354 g/mol. The van der Waals surface area contributed by atoms with Gasteiger partial charge in [0.2, 0.25) is 11.2 Å². The molecule has 0 bridgehead atoms. The fourth-order valence-corrected chi connectivity index (χ4v) is 2.26. The quantitative estimate of drug-likeness (QED) is 0.729. The number of benzene rings is 1. The van der Waals surface area contributed by atoms with E-state index in [0.717, 1.165) is 23.7 Å². The second-order valence-corrected chi connectivity index (χ2v) is 5.91. The van der Waals surface area contributed by atoms with Crippen molar-refractivity contribution in [2.75, 3.05) is 12.4 Å². The largest absolute Gasteiger partial charge is 0.490 e. The molecule has 0 aliphatic carbocycles. The zero-order valence-electron chi connectivity index (χ0n) is 14.6. The van der Waals surface area contributed by atoms with Gasteiger partial charge in [-0.3, -0.25) is 14.7 Å². The number of carbonyl (C=O) groups is 1. The van der Waals surface area contributed by atoms with Crippen LogP contribution >= 0.6 is 0 Å². The van der Waals surface area contributed by atoms with Gasteiger partial charge in [-0.25, -0.2) is 4.98 Å². The highest BCUT2D eigenvalue weighted by Gasteiger charge is 2.13. The third-order valence-corrected chi connectivity index (χ3v) is 3.67. The van der Waals surface area contributed by atoms with Crippen LogP contribution < -0.4 is 15.5 Å². The van der Waals surface area contributed by atoms with Crippen LogP contribution in [0, 0.1) is 0 Å². The number of nitrogens with zero attached hydrogens (tertiary/aromatic N) is 2. The van der Waals surface area contributed by atoms with Crippen molar-refractivity contribution in [3.63, 3.8) is 0 Å². The van der Waals surface area contributed by atoms with Crippen molar-refractivity contribution in [2.45, 2.75) is 19.8 Å². The summed E-state index contributed by atoms with van der Waals surface area (Å²) in [7, 11) is 1.35. The van der Waals surface area contributed by atoms with Gasteiger partial charge in [-0.2, -0.15) is 5.10 Å². The van der Waals surface area contributed by atoms with Crippen molar-refractivity contribution >= 4 is 11.6 Å². The fraction of sp³-hybridized carbons (Fsp3) is 0.222. The molecule has 2 N–H and O–H groups in total. The van der Waals surface area contributed by atoms with E-state index < -0.39 is 11.3 Å². The maximum atomic E-state index is 12.3. The van der Waals surface area contributed by atoms with E-state index in [1.807, 2.05) is 19.9 Å². The van der Waals surface area contributed by atoms with Gasteiger partial charge in [-0.05, 0) is 12.1 Å². The van der Waals surface area contributed by atoms with E-state index in [1.165, 1.54) is 7.11 Å². The second-order valence-electron chi connectivity index (χ2n) is 5.91. The average Bonchev–Trinajstić information content (AvgIpc) is 3.12. The van der Waals surface area contributed by atoms with Crippen molar-refractivity contribution in [1.29, 1.82) is 0 Å². The summed E-state index contributed by atoms with van der Waals surface area (Å²) in [6.07, 6.45) is 1.11. The first-order valence-corrected chi connectivity index (χ1v) is 7.99. The molecule has 0 saturated carbocycles. The number of anilines is 1. The molecular formula is C18H18N4O4. The van der Waals surface area contributed by atoms with E-state index >= 15 is 0 Å². The lowest BCUT2D eigenvalue weighted by atomic mass is 10.2. The highest BCUT2D eigenvalue weighted by Crippen LogP contribution is 2.21. The number of amides is 1. The first-order valence-electron chi connectivity index (χ1n) is 7.99. The molecule has 8 heteroatoms. The van der Waals surface area contributed by atoms with Crippen LogP contribution in [0.15, 0.2) is 45.8 Å². The number of carbonyl (C=O) groups excluding carboxylic acids is 1. The molecule has 134 valence electrons. The number of hydrogen-bond acceptors (Lipinski definition) is 6. The molecule has 3 aromatic rings. The fourth-order valence-electron chi connectivity index (χ4n) is 2.26. The Morgan fingerprint density at radius 1 is 1.31 bits per heavy atom. The predicted molar refractivity (Wildman–Crippen MR) is 95.4 cm³/mol. The van der Waals surface area contributed by atoms with Crippen LogP contribution in [0.5, 0.6) is 5.75 Å². The molecular weight excluding hydrogens is 336 g/mol. The highest BCUT2D eigenvalue weighted by atomic mass is 16.5. The second kappa shape index (κ2) is 7.22. The lowest BCUT2D eigenvalue weighted by Crippen LogP contribution is -2.15. The van der Waals surface area contributed by atoms with Crippen LogP contribution in [-0.4, -0.2) is 28.2 Å². The molecule has 8 nitrogen and oxygen atoms in total. The lowest BCUT2D eigenvalue weighted by molar-refractivity contribution is 0.0993. The predicted octanol–water partition coefficient (Wildman–Crippen LogP) is 2.81. The Morgan fingerprint density at radius 2 is 2.12 bits per heavy atom. The minimum Gasteiger partial charge on any atom is -0.490 e. The number of rotatable bonds is 5. The van der Waals surface area contributed by atoms with Gasteiger partial charge in [0, 0.05) is 23.2 Å². The summed E-state index contributed by atoms with van der Waals surface area (Å²) < 4.78 is 9.97. The highest BCUT2D eigenvalue weighted by molar-refractivity contribution is 6.02. The van der Waals surface area contributed by atoms with Gasteiger partial charge < -0.3 is 14.5 Å². The number of hydrogen-bond donors (Lipinski definition) is 2. The first kappa shape index (κ1) is 17.4. The summed E-state index contributed by atoms with van der Waals surface area (Å²) in [5.74, 6) is 0.947. The van der Waals surface area contributed by atoms with E-state index in [4.69, 9.17) is 9.15 Å². The zero-order valence-corrected chi connectivity index (χ0v) is 14.6. The summed E-state index contributed by atoms with van der Waals surface area (Å²) in [6.45, 7) is 4.03. The number of ether oxygens (including phenoxy) is 1. The Hall–Kier alpha value is -3.42.